The molecule has 0 aliphatic rings. The Hall–Kier alpha value is -1.20. The van der Waals surface area contributed by atoms with Crippen molar-refractivity contribution in [3.05, 3.63) is 29.3 Å². The molecule has 0 saturated heterocycles. The highest BCUT2D eigenvalue weighted by Crippen LogP contribution is 2.30. The Kier molecular flexibility index (Phi) is 5.89. The fourth-order valence-corrected chi connectivity index (χ4v) is 2.49. The first kappa shape index (κ1) is 16.9. The van der Waals surface area contributed by atoms with E-state index in [0.29, 0.717) is 5.02 Å². The Balaban J connectivity index is 2.56. The van der Waals surface area contributed by atoms with Crippen molar-refractivity contribution in [3.63, 3.8) is 0 Å². The average Bonchev–Trinajstić information content (AvgIpc) is 2.38. The number of carboxylic acids is 1. The van der Waals surface area contributed by atoms with Crippen molar-refractivity contribution >= 4 is 35.2 Å². The molecule has 6 heteroatoms. The van der Waals surface area contributed by atoms with Crippen LogP contribution in [0.25, 0.3) is 0 Å². The normalized spacial score (nSPS) is 12.8. The van der Waals surface area contributed by atoms with Gasteiger partial charge in [0.05, 0.1) is 15.7 Å². The molecule has 0 bridgehead atoms. The van der Waals surface area contributed by atoms with Crippen molar-refractivity contribution in [1.82, 2.24) is 5.32 Å². The highest BCUT2D eigenvalue weighted by Gasteiger charge is 2.28. The number of rotatable bonds is 6. The Bertz CT molecular complexity index is 505. The van der Waals surface area contributed by atoms with Gasteiger partial charge >= 0.3 is 5.97 Å². The van der Waals surface area contributed by atoms with Crippen molar-refractivity contribution < 1.29 is 14.7 Å². The third-order valence-corrected chi connectivity index (χ3v) is 4.41. The summed E-state index contributed by atoms with van der Waals surface area (Å²) in [6, 6.07) is 7.29. The number of aliphatic carboxylic acids is 1. The molecule has 0 aliphatic carbocycles. The van der Waals surface area contributed by atoms with E-state index in [1.54, 1.807) is 26.8 Å². The topological polar surface area (TPSA) is 66.4 Å². The second kappa shape index (κ2) is 6.99. The number of thioether (sulfide) groups is 1. The van der Waals surface area contributed by atoms with E-state index in [2.05, 4.69) is 5.32 Å². The van der Waals surface area contributed by atoms with Crippen LogP contribution in [0.4, 0.5) is 0 Å². The van der Waals surface area contributed by atoms with Crippen LogP contribution in [0, 0.1) is 5.41 Å². The molecule has 1 amide bonds. The maximum absolute atomic E-state index is 12.0. The monoisotopic (exact) mass is 315 g/mol. The number of carbonyl (C=O) groups is 2. The zero-order valence-corrected chi connectivity index (χ0v) is 13.2. The van der Waals surface area contributed by atoms with Crippen LogP contribution in [0.3, 0.4) is 0 Å². The fraction of sp³-hybridized carbons (Fsp3) is 0.429. The summed E-state index contributed by atoms with van der Waals surface area (Å²) in [4.78, 5) is 23.8. The van der Waals surface area contributed by atoms with Gasteiger partial charge in [-0.05, 0) is 32.9 Å². The molecule has 0 spiro atoms. The zero-order chi connectivity index (χ0) is 15.3. The Morgan fingerprint density at radius 1 is 1.40 bits per heavy atom. The van der Waals surface area contributed by atoms with E-state index in [1.165, 1.54) is 11.8 Å². The SMILES string of the molecule is CC(Sc1ccccc1Cl)C(=O)NCC(C)(C)C(=O)O. The number of hydrogen-bond acceptors (Lipinski definition) is 3. The van der Waals surface area contributed by atoms with Crippen molar-refractivity contribution in [3.8, 4) is 0 Å². The quantitative estimate of drug-likeness (QED) is 0.792. The first-order valence-electron chi connectivity index (χ1n) is 6.16. The van der Waals surface area contributed by atoms with E-state index in [0.717, 1.165) is 4.90 Å². The van der Waals surface area contributed by atoms with Crippen LogP contribution in [-0.2, 0) is 9.59 Å². The lowest BCUT2D eigenvalue weighted by Crippen LogP contribution is -2.41. The summed E-state index contributed by atoms with van der Waals surface area (Å²) >= 11 is 7.38. The molecule has 1 atom stereocenters. The molecule has 4 nitrogen and oxygen atoms in total. The van der Waals surface area contributed by atoms with Crippen LogP contribution in [0.1, 0.15) is 20.8 Å². The number of carboxylic acid groups (broad SMARTS) is 1. The van der Waals surface area contributed by atoms with Crippen molar-refractivity contribution in [1.29, 1.82) is 0 Å². The number of hydrogen-bond donors (Lipinski definition) is 2. The second-order valence-corrected chi connectivity index (χ2v) is 6.89. The smallest absolute Gasteiger partial charge is 0.310 e. The summed E-state index contributed by atoms with van der Waals surface area (Å²) in [5, 5.41) is 11.9. The molecule has 0 fully saturated rings. The van der Waals surface area contributed by atoms with Gasteiger partial charge in [-0.25, -0.2) is 0 Å². The minimum Gasteiger partial charge on any atom is -0.481 e. The molecule has 110 valence electrons. The van der Waals surface area contributed by atoms with E-state index in [4.69, 9.17) is 16.7 Å². The third kappa shape index (κ3) is 4.72. The summed E-state index contributed by atoms with van der Waals surface area (Å²) in [6.07, 6.45) is 0. The van der Waals surface area contributed by atoms with Gasteiger partial charge in [-0.15, -0.1) is 11.8 Å². The van der Waals surface area contributed by atoms with Crippen LogP contribution >= 0.6 is 23.4 Å². The number of halogens is 1. The molecule has 1 aromatic carbocycles. The molecule has 20 heavy (non-hydrogen) atoms. The van der Waals surface area contributed by atoms with Gasteiger partial charge in [0, 0.05) is 11.4 Å². The molecule has 0 heterocycles. The van der Waals surface area contributed by atoms with Gasteiger partial charge in [-0.3, -0.25) is 9.59 Å². The van der Waals surface area contributed by atoms with E-state index in [1.807, 2.05) is 18.2 Å². The van der Waals surface area contributed by atoms with E-state index < -0.39 is 11.4 Å². The number of carbonyl (C=O) groups excluding carboxylic acids is 1. The number of amides is 1. The molecule has 0 aromatic heterocycles. The summed E-state index contributed by atoms with van der Waals surface area (Å²) in [5.74, 6) is -1.14. The van der Waals surface area contributed by atoms with Gasteiger partial charge in [-0.2, -0.15) is 0 Å². The van der Waals surface area contributed by atoms with E-state index in [9.17, 15) is 9.59 Å². The van der Waals surface area contributed by atoms with Gasteiger partial charge in [0.25, 0.3) is 0 Å². The summed E-state index contributed by atoms with van der Waals surface area (Å²) in [7, 11) is 0. The van der Waals surface area contributed by atoms with Gasteiger partial charge in [0.2, 0.25) is 5.91 Å². The molecule has 2 N–H and O–H groups in total. The number of benzene rings is 1. The molecular weight excluding hydrogens is 298 g/mol. The molecule has 0 radical (unpaired) electrons. The number of nitrogens with one attached hydrogen (secondary N) is 1. The van der Waals surface area contributed by atoms with Crippen LogP contribution < -0.4 is 5.32 Å². The predicted molar refractivity (Wildman–Crippen MR) is 81.2 cm³/mol. The lowest BCUT2D eigenvalue weighted by atomic mass is 9.94. The Labute approximate surface area is 127 Å². The van der Waals surface area contributed by atoms with Gasteiger partial charge in [0.15, 0.2) is 0 Å². The van der Waals surface area contributed by atoms with Crippen molar-refractivity contribution in [2.75, 3.05) is 6.54 Å². The van der Waals surface area contributed by atoms with Crippen LogP contribution in [-0.4, -0.2) is 28.8 Å². The highest BCUT2D eigenvalue weighted by molar-refractivity contribution is 8.00. The minimum atomic E-state index is -0.982. The second-order valence-electron chi connectivity index (χ2n) is 5.10. The molecule has 1 rings (SSSR count). The van der Waals surface area contributed by atoms with E-state index in [-0.39, 0.29) is 17.7 Å². The lowest BCUT2D eigenvalue weighted by molar-refractivity contribution is -0.146. The van der Waals surface area contributed by atoms with Gasteiger partial charge in [-0.1, -0.05) is 23.7 Å². The molecule has 1 aromatic rings. The summed E-state index contributed by atoms with van der Waals surface area (Å²) in [6.45, 7) is 4.99. The summed E-state index contributed by atoms with van der Waals surface area (Å²) < 4.78 is 0. The zero-order valence-electron chi connectivity index (χ0n) is 11.6. The highest BCUT2D eigenvalue weighted by atomic mass is 35.5. The van der Waals surface area contributed by atoms with Crippen LogP contribution in [0.2, 0.25) is 5.02 Å². The standard InChI is InChI=1S/C14H18ClNO3S/c1-9(20-11-7-5-4-6-10(11)15)12(17)16-8-14(2,3)13(18)19/h4-7,9H,8H2,1-3H3,(H,16,17)(H,18,19). The van der Waals surface area contributed by atoms with Crippen molar-refractivity contribution in [2.45, 2.75) is 30.9 Å². The molecule has 0 aliphatic heterocycles. The first-order valence-corrected chi connectivity index (χ1v) is 7.42. The third-order valence-electron chi connectivity index (χ3n) is 2.79. The van der Waals surface area contributed by atoms with Crippen molar-refractivity contribution in [2.24, 2.45) is 5.41 Å². The summed E-state index contributed by atoms with van der Waals surface area (Å²) in [5.41, 5.74) is -0.982. The minimum absolute atomic E-state index is 0.0919. The maximum Gasteiger partial charge on any atom is 0.310 e. The van der Waals surface area contributed by atoms with E-state index >= 15 is 0 Å². The average molecular weight is 316 g/mol. The van der Waals surface area contributed by atoms with Gasteiger partial charge < -0.3 is 10.4 Å². The lowest BCUT2D eigenvalue weighted by Gasteiger charge is -2.21. The van der Waals surface area contributed by atoms with Crippen LogP contribution in [0.15, 0.2) is 29.2 Å². The Morgan fingerprint density at radius 2 is 2.00 bits per heavy atom. The predicted octanol–water partition coefficient (Wildman–Crippen LogP) is 3.05. The van der Waals surface area contributed by atoms with Crippen LogP contribution in [0.5, 0.6) is 0 Å². The van der Waals surface area contributed by atoms with Gasteiger partial charge in [0.1, 0.15) is 0 Å². The largest absolute Gasteiger partial charge is 0.481 e. The first-order chi connectivity index (χ1) is 9.24. The maximum atomic E-state index is 12.0. The molecular formula is C14H18ClNO3S. The molecule has 1 unspecified atom stereocenters. The molecule has 0 saturated carbocycles. The Morgan fingerprint density at radius 3 is 2.55 bits per heavy atom. The fourth-order valence-electron chi connectivity index (χ4n) is 1.31.